The topological polar surface area (TPSA) is 26.0 Å². The van der Waals surface area contributed by atoms with E-state index in [0.717, 1.165) is 18.3 Å². The number of rotatable bonds is 3. The number of hydrogen-bond acceptors (Lipinski definition) is 1. The van der Waals surface area contributed by atoms with E-state index >= 15 is 0 Å². The second-order valence-corrected chi connectivity index (χ2v) is 9.49. The number of halogens is 1. The van der Waals surface area contributed by atoms with E-state index in [4.69, 9.17) is 5.73 Å². The smallest absolute Gasteiger partial charge is 0.0178 e. The zero-order valence-electron chi connectivity index (χ0n) is 12.9. The molecule has 4 fully saturated rings. The van der Waals surface area contributed by atoms with Crippen LogP contribution in [0.1, 0.15) is 51.0 Å². The first kappa shape index (κ1) is 14.3. The molecule has 3 atom stereocenters. The highest BCUT2D eigenvalue weighted by molar-refractivity contribution is 9.10. The molecule has 0 radical (unpaired) electrons. The van der Waals surface area contributed by atoms with Crippen molar-refractivity contribution in [3.05, 3.63) is 34.3 Å². The average molecular weight is 348 g/mol. The third kappa shape index (κ3) is 2.49. The third-order valence-electron chi connectivity index (χ3n) is 6.53. The lowest BCUT2D eigenvalue weighted by Gasteiger charge is -2.63. The SMILES string of the molecule is CC12CC3CC(C1)CC(C(N)Cc1cccc(Br)c1)(C3)C2. The summed E-state index contributed by atoms with van der Waals surface area (Å²) in [5.41, 5.74) is 9.21. The van der Waals surface area contributed by atoms with Crippen molar-refractivity contribution < 1.29 is 0 Å². The van der Waals surface area contributed by atoms with Gasteiger partial charge in [-0.05, 0) is 85.3 Å². The van der Waals surface area contributed by atoms with Crippen LogP contribution in [0.5, 0.6) is 0 Å². The minimum atomic E-state index is 0.331. The highest BCUT2D eigenvalue weighted by Gasteiger charge is 2.57. The van der Waals surface area contributed by atoms with Gasteiger partial charge in [-0.1, -0.05) is 35.0 Å². The number of nitrogens with two attached hydrogens (primary N) is 1. The minimum Gasteiger partial charge on any atom is -0.327 e. The Morgan fingerprint density at radius 1 is 1.24 bits per heavy atom. The molecule has 114 valence electrons. The van der Waals surface area contributed by atoms with Crippen LogP contribution in [0.4, 0.5) is 0 Å². The molecule has 0 heterocycles. The zero-order chi connectivity index (χ0) is 14.7. The van der Waals surface area contributed by atoms with Gasteiger partial charge in [0.05, 0.1) is 0 Å². The highest BCUT2D eigenvalue weighted by Crippen LogP contribution is 2.66. The van der Waals surface area contributed by atoms with E-state index in [1.54, 1.807) is 0 Å². The molecule has 1 aromatic rings. The average Bonchev–Trinajstić information content (AvgIpc) is 2.35. The summed E-state index contributed by atoms with van der Waals surface area (Å²) in [5, 5.41) is 0. The molecule has 2 N–H and O–H groups in total. The van der Waals surface area contributed by atoms with Crippen molar-refractivity contribution in [2.45, 2.75) is 57.9 Å². The van der Waals surface area contributed by atoms with Gasteiger partial charge in [-0.15, -0.1) is 0 Å². The maximum Gasteiger partial charge on any atom is 0.0178 e. The van der Waals surface area contributed by atoms with Crippen molar-refractivity contribution in [1.29, 1.82) is 0 Å². The summed E-state index contributed by atoms with van der Waals surface area (Å²) < 4.78 is 1.17. The van der Waals surface area contributed by atoms with Gasteiger partial charge in [0.1, 0.15) is 0 Å². The van der Waals surface area contributed by atoms with Crippen LogP contribution in [0.3, 0.4) is 0 Å². The number of benzene rings is 1. The lowest BCUT2D eigenvalue weighted by Crippen LogP contribution is -2.58. The van der Waals surface area contributed by atoms with Crippen LogP contribution in [0.15, 0.2) is 28.7 Å². The van der Waals surface area contributed by atoms with E-state index in [1.165, 1.54) is 48.6 Å². The standard InChI is InChI=1S/C19H26BrN/c1-18-8-14-5-15(9-18)11-19(10-14,12-18)17(21)7-13-3-2-4-16(20)6-13/h2-4,6,14-15,17H,5,7-12,21H2,1H3. The molecule has 0 aliphatic heterocycles. The van der Waals surface area contributed by atoms with Crippen LogP contribution >= 0.6 is 15.9 Å². The van der Waals surface area contributed by atoms with Crippen molar-refractivity contribution in [1.82, 2.24) is 0 Å². The minimum absolute atomic E-state index is 0.331. The molecule has 0 amide bonds. The fourth-order valence-corrected chi connectivity index (χ4v) is 6.81. The van der Waals surface area contributed by atoms with Crippen molar-refractivity contribution in [2.24, 2.45) is 28.4 Å². The summed E-state index contributed by atoms with van der Waals surface area (Å²) in [6.07, 6.45) is 9.63. The molecule has 1 aromatic carbocycles. The van der Waals surface area contributed by atoms with Crippen molar-refractivity contribution in [3.8, 4) is 0 Å². The Morgan fingerprint density at radius 2 is 1.95 bits per heavy atom. The molecular formula is C19H26BrN. The Bertz CT molecular complexity index is 538. The molecule has 0 saturated heterocycles. The second kappa shape index (κ2) is 4.83. The molecule has 4 saturated carbocycles. The third-order valence-corrected chi connectivity index (χ3v) is 7.02. The monoisotopic (exact) mass is 347 g/mol. The molecule has 4 aliphatic rings. The van der Waals surface area contributed by atoms with Gasteiger partial charge in [-0.3, -0.25) is 0 Å². The Labute approximate surface area is 136 Å². The van der Waals surface area contributed by atoms with E-state index in [1.807, 2.05) is 0 Å². The highest BCUT2D eigenvalue weighted by atomic mass is 79.9. The van der Waals surface area contributed by atoms with Crippen molar-refractivity contribution in [2.75, 3.05) is 0 Å². The maximum absolute atomic E-state index is 6.80. The molecule has 0 spiro atoms. The summed E-state index contributed by atoms with van der Waals surface area (Å²) in [6.45, 7) is 2.53. The predicted molar refractivity (Wildman–Crippen MR) is 91.0 cm³/mol. The molecule has 4 aliphatic carbocycles. The fourth-order valence-electron chi connectivity index (χ4n) is 6.37. The first-order valence-corrected chi connectivity index (χ1v) is 9.26. The van der Waals surface area contributed by atoms with E-state index in [9.17, 15) is 0 Å². The maximum atomic E-state index is 6.80. The molecule has 5 rings (SSSR count). The van der Waals surface area contributed by atoms with E-state index < -0.39 is 0 Å². The van der Waals surface area contributed by atoms with Crippen LogP contribution in [0.2, 0.25) is 0 Å². The summed E-state index contributed by atoms with van der Waals surface area (Å²) in [5.74, 6) is 1.93. The van der Waals surface area contributed by atoms with Gasteiger partial charge in [-0.2, -0.15) is 0 Å². The summed E-state index contributed by atoms with van der Waals surface area (Å²) in [7, 11) is 0. The van der Waals surface area contributed by atoms with Gasteiger partial charge in [0, 0.05) is 10.5 Å². The van der Waals surface area contributed by atoms with Crippen molar-refractivity contribution in [3.63, 3.8) is 0 Å². The predicted octanol–water partition coefficient (Wildman–Crippen LogP) is 4.93. The Hall–Kier alpha value is -0.340. The molecule has 4 bridgehead atoms. The molecule has 2 heteroatoms. The first-order valence-electron chi connectivity index (χ1n) is 8.46. The van der Waals surface area contributed by atoms with Crippen LogP contribution in [0.25, 0.3) is 0 Å². The molecule has 3 unspecified atom stereocenters. The first-order chi connectivity index (χ1) is 9.96. The summed E-state index contributed by atoms with van der Waals surface area (Å²) >= 11 is 3.58. The van der Waals surface area contributed by atoms with E-state index in [2.05, 4.69) is 47.1 Å². The van der Waals surface area contributed by atoms with E-state index in [0.29, 0.717) is 16.9 Å². The Kier molecular flexibility index (Phi) is 3.28. The van der Waals surface area contributed by atoms with Gasteiger partial charge in [0.15, 0.2) is 0 Å². The van der Waals surface area contributed by atoms with Gasteiger partial charge in [0.25, 0.3) is 0 Å². The lowest BCUT2D eigenvalue weighted by molar-refractivity contribution is -0.112. The quantitative estimate of drug-likeness (QED) is 0.824. The second-order valence-electron chi connectivity index (χ2n) is 8.57. The van der Waals surface area contributed by atoms with Crippen LogP contribution in [0, 0.1) is 22.7 Å². The number of hydrogen-bond donors (Lipinski definition) is 1. The van der Waals surface area contributed by atoms with Crippen LogP contribution in [-0.4, -0.2) is 6.04 Å². The lowest BCUT2D eigenvalue weighted by atomic mass is 9.43. The fraction of sp³-hybridized carbons (Fsp3) is 0.684. The van der Waals surface area contributed by atoms with E-state index in [-0.39, 0.29) is 0 Å². The van der Waals surface area contributed by atoms with Gasteiger partial charge in [-0.25, -0.2) is 0 Å². The molecule has 21 heavy (non-hydrogen) atoms. The molecule has 0 aromatic heterocycles. The largest absolute Gasteiger partial charge is 0.327 e. The Morgan fingerprint density at radius 3 is 2.57 bits per heavy atom. The summed E-state index contributed by atoms with van der Waals surface area (Å²) in [6, 6.07) is 9.03. The normalized spacial score (nSPS) is 42.2. The summed E-state index contributed by atoms with van der Waals surface area (Å²) in [4.78, 5) is 0. The van der Waals surface area contributed by atoms with Gasteiger partial charge in [0.2, 0.25) is 0 Å². The Balaban J connectivity index is 1.57. The van der Waals surface area contributed by atoms with Gasteiger partial charge < -0.3 is 5.73 Å². The zero-order valence-corrected chi connectivity index (χ0v) is 14.5. The van der Waals surface area contributed by atoms with Crippen LogP contribution in [-0.2, 0) is 6.42 Å². The van der Waals surface area contributed by atoms with Gasteiger partial charge >= 0.3 is 0 Å². The van der Waals surface area contributed by atoms with Crippen molar-refractivity contribution >= 4 is 15.9 Å². The molecular weight excluding hydrogens is 322 g/mol. The van der Waals surface area contributed by atoms with Crippen LogP contribution < -0.4 is 5.73 Å². The molecule has 1 nitrogen and oxygen atoms in total.